The highest BCUT2D eigenvalue weighted by atomic mass is 35.5. The lowest BCUT2D eigenvalue weighted by molar-refractivity contribution is 0.804. The summed E-state index contributed by atoms with van der Waals surface area (Å²) in [5.74, 6) is 0. The van der Waals surface area contributed by atoms with Crippen LogP contribution in [0.15, 0.2) is 55.0 Å². The molecular weight excluding hydrogens is 248 g/mol. The van der Waals surface area contributed by atoms with Crippen molar-refractivity contribution in [3.05, 3.63) is 60.0 Å². The smallest absolute Gasteiger partial charge is 0.113 e. The summed E-state index contributed by atoms with van der Waals surface area (Å²) in [6.07, 6.45) is 5.32. The zero-order valence-electron chi connectivity index (χ0n) is 9.36. The minimum Gasteiger partial charge on any atom is -0.265 e. The second-order valence-corrected chi connectivity index (χ2v) is 4.20. The van der Waals surface area contributed by atoms with E-state index < -0.39 is 0 Å². The molecule has 0 aliphatic rings. The molecule has 0 aliphatic carbocycles. The molecule has 0 bridgehead atoms. The fourth-order valence-corrected chi connectivity index (χ4v) is 1.85. The molecule has 0 unspecified atom stereocenters. The Labute approximate surface area is 109 Å². The Hall–Kier alpha value is -2.20. The molecule has 18 heavy (non-hydrogen) atoms. The molecule has 0 aliphatic heterocycles. The molecule has 3 rings (SSSR count). The predicted octanol–water partition coefficient (Wildman–Crippen LogP) is 2.98. The van der Waals surface area contributed by atoms with Crippen LogP contribution in [0.25, 0.3) is 16.9 Å². The van der Waals surface area contributed by atoms with Crippen LogP contribution >= 0.6 is 11.6 Å². The third-order valence-corrected chi connectivity index (χ3v) is 2.78. The van der Waals surface area contributed by atoms with Crippen LogP contribution in [-0.2, 0) is 0 Å². The zero-order valence-corrected chi connectivity index (χ0v) is 10.1. The number of hydrogen-bond acceptors (Lipinski definition) is 3. The van der Waals surface area contributed by atoms with Crippen molar-refractivity contribution >= 4 is 11.6 Å². The minimum absolute atomic E-state index is 0.675. The number of pyridine rings is 1. The molecule has 0 N–H and O–H groups in total. The van der Waals surface area contributed by atoms with E-state index in [9.17, 15) is 0 Å². The first kappa shape index (κ1) is 10.9. The second kappa shape index (κ2) is 4.58. The summed E-state index contributed by atoms with van der Waals surface area (Å²) < 4.78 is 1.70. The highest BCUT2D eigenvalue weighted by Gasteiger charge is 2.05. The maximum absolute atomic E-state index is 5.95. The van der Waals surface area contributed by atoms with Crippen molar-refractivity contribution in [2.75, 3.05) is 0 Å². The summed E-state index contributed by atoms with van der Waals surface area (Å²) in [5, 5.41) is 8.90. The summed E-state index contributed by atoms with van der Waals surface area (Å²) >= 11 is 5.95. The van der Waals surface area contributed by atoms with E-state index >= 15 is 0 Å². The van der Waals surface area contributed by atoms with Crippen molar-refractivity contribution < 1.29 is 0 Å². The van der Waals surface area contributed by atoms with Crippen molar-refractivity contribution in [2.24, 2.45) is 0 Å². The van der Waals surface area contributed by atoms with Crippen LogP contribution in [0.2, 0.25) is 5.02 Å². The first-order valence-electron chi connectivity index (χ1n) is 5.41. The highest BCUT2D eigenvalue weighted by Crippen LogP contribution is 2.18. The van der Waals surface area contributed by atoms with Crippen molar-refractivity contribution in [2.45, 2.75) is 0 Å². The average molecular weight is 257 g/mol. The lowest BCUT2D eigenvalue weighted by Gasteiger charge is -1.99. The van der Waals surface area contributed by atoms with Gasteiger partial charge in [-0.25, -0.2) is 4.68 Å². The Morgan fingerprint density at radius 3 is 2.67 bits per heavy atom. The lowest BCUT2D eigenvalue weighted by atomic mass is 10.2. The molecule has 0 fully saturated rings. The Bertz CT molecular complexity index is 664. The van der Waals surface area contributed by atoms with Gasteiger partial charge in [0.1, 0.15) is 5.69 Å². The number of nitrogens with zero attached hydrogens (tertiary/aromatic N) is 4. The van der Waals surface area contributed by atoms with Crippen molar-refractivity contribution in [3.63, 3.8) is 0 Å². The normalized spacial score (nSPS) is 10.5. The maximum Gasteiger partial charge on any atom is 0.113 e. The summed E-state index contributed by atoms with van der Waals surface area (Å²) in [7, 11) is 0. The summed E-state index contributed by atoms with van der Waals surface area (Å²) in [6, 6.07) is 11.3. The van der Waals surface area contributed by atoms with Gasteiger partial charge in [0.25, 0.3) is 0 Å². The second-order valence-electron chi connectivity index (χ2n) is 3.76. The molecule has 0 atom stereocenters. The van der Waals surface area contributed by atoms with Gasteiger partial charge in [-0.2, -0.15) is 0 Å². The van der Waals surface area contributed by atoms with Crippen molar-refractivity contribution in [1.29, 1.82) is 0 Å². The quantitative estimate of drug-likeness (QED) is 0.708. The monoisotopic (exact) mass is 256 g/mol. The molecule has 88 valence electrons. The van der Waals surface area contributed by atoms with E-state index in [0.717, 1.165) is 16.9 Å². The lowest BCUT2D eigenvalue weighted by Crippen LogP contribution is -1.93. The third-order valence-electron chi connectivity index (χ3n) is 2.54. The van der Waals surface area contributed by atoms with Gasteiger partial charge in [-0.15, -0.1) is 5.10 Å². The zero-order chi connectivity index (χ0) is 12.4. The number of benzene rings is 1. The third kappa shape index (κ3) is 2.10. The summed E-state index contributed by atoms with van der Waals surface area (Å²) in [6.45, 7) is 0. The van der Waals surface area contributed by atoms with Gasteiger partial charge < -0.3 is 0 Å². The fourth-order valence-electron chi connectivity index (χ4n) is 1.66. The van der Waals surface area contributed by atoms with Crippen LogP contribution in [0.3, 0.4) is 0 Å². The van der Waals surface area contributed by atoms with Gasteiger partial charge in [0.15, 0.2) is 0 Å². The van der Waals surface area contributed by atoms with E-state index in [0.29, 0.717) is 5.02 Å². The number of hydrogen-bond donors (Lipinski definition) is 0. The molecule has 0 radical (unpaired) electrons. The van der Waals surface area contributed by atoms with Gasteiger partial charge >= 0.3 is 0 Å². The topological polar surface area (TPSA) is 43.6 Å². The Morgan fingerprint density at radius 2 is 1.89 bits per heavy atom. The van der Waals surface area contributed by atoms with Gasteiger partial charge in [0, 0.05) is 23.0 Å². The van der Waals surface area contributed by atoms with Crippen LogP contribution < -0.4 is 0 Å². The van der Waals surface area contributed by atoms with Gasteiger partial charge in [-0.1, -0.05) is 22.9 Å². The van der Waals surface area contributed by atoms with Crippen LogP contribution in [0.4, 0.5) is 0 Å². The minimum atomic E-state index is 0.675. The van der Waals surface area contributed by atoms with E-state index in [1.54, 1.807) is 17.1 Å². The highest BCUT2D eigenvalue weighted by molar-refractivity contribution is 6.30. The molecule has 2 aromatic heterocycles. The Balaban J connectivity index is 2.00. The molecule has 5 heteroatoms. The predicted molar refractivity (Wildman–Crippen MR) is 69.6 cm³/mol. The summed E-state index contributed by atoms with van der Waals surface area (Å²) in [4.78, 5) is 3.98. The van der Waals surface area contributed by atoms with Gasteiger partial charge in [-0.05, 0) is 30.3 Å². The first-order valence-corrected chi connectivity index (χ1v) is 5.79. The molecular formula is C13H9ClN4. The maximum atomic E-state index is 5.95. The molecule has 4 nitrogen and oxygen atoms in total. The summed E-state index contributed by atoms with van der Waals surface area (Å²) in [5.41, 5.74) is 2.67. The Kier molecular flexibility index (Phi) is 2.78. The van der Waals surface area contributed by atoms with E-state index in [2.05, 4.69) is 15.3 Å². The van der Waals surface area contributed by atoms with Crippen molar-refractivity contribution in [1.82, 2.24) is 20.0 Å². The molecule has 0 amide bonds. The standard InChI is InChI=1S/C13H9ClN4/c14-11-2-1-3-12(8-11)18-9-13(16-17-18)10-4-6-15-7-5-10/h1-9H. The van der Waals surface area contributed by atoms with Gasteiger partial charge in [-0.3, -0.25) is 4.98 Å². The van der Waals surface area contributed by atoms with E-state index in [1.807, 2.05) is 42.6 Å². The number of aromatic nitrogens is 4. The van der Waals surface area contributed by atoms with Crippen LogP contribution in [0.1, 0.15) is 0 Å². The van der Waals surface area contributed by atoms with E-state index in [4.69, 9.17) is 11.6 Å². The SMILES string of the molecule is Clc1cccc(-n2cc(-c3ccncc3)nn2)c1. The molecule has 0 saturated carbocycles. The molecule has 3 aromatic rings. The number of rotatable bonds is 2. The van der Waals surface area contributed by atoms with Crippen LogP contribution in [0.5, 0.6) is 0 Å². The molecule has 0 saturated heterocycles. The molecule has 2 heterocycles. The van der Waals surface area contributed by atoms with Crippen molar-refractivity contribution in [3.8, 4) is 16.9 Å². The van der Waals surface area contributed by atoms with Crippen LogP contribution in [0, 0.1) is 0 Å². The van der Waals surface area contributed by atoms with Gasteiger partial charge in [0.2, 0.25) is 0 Å². The average Bonchev–Trinajstić information content (AvgIpc) is 2.89. The largest absolute Gasteiger partial charge is 0.265 e. The van der Waals surface area contributed by atoms with Crippen LogP contribution in [-0.4, -0.2) is 20.0 Å². The van der Waals surface area contributed by atoms with E-state index in [-0.39, 0.29) is 0 Å². The first-order chi connectivity index (χ1) is 8.83. The van der Waals surface area contributed by atoms with Gasteiger partial charge in [0.05, 0.1) is 11.9 Å². The van der Waals surface area contributed by atoms with E-state index in [1.165, 1.54) is 0 Å². The molecule has 0 spiro atoms. The fraction of sp³-hybridized carbons (Fsp3) is 0. The molecule has 1 aromatic carbocycles. The number of halogens is 1. The Morgan fingerprint density at radius 1 is 1.06 bits per heavy atom.